The van der Waals surface area contributed by atoms with Crippen LogP contribution in [-0.2, 0) is 36.6 Å². The summed E-state index contributed by atoms with van der Waals surface area (Å²) in [6.45, 7) is 1.54. The average Bonchev–Trinajstić information content (AvgIpc) is 3.37. The zero-order chi connectivity index (χ0) is 28.9. The minimum absolute atomic E-state index is 0.00408. The summed E-state index contributed by atoms with van der Waals surface area (Å²) in [6, 6.07) is 10.5. The molecule has 2 aromatic rings. The molecule has 1 saturated carbocycles. The van der Waals surface area contributed by atoms with Gasteiger partial charge in [0.15, 0.2) is 0 Å². The van der Waals surface area contributed by atoms with E-state index < -0.39 is 46.2 Å². The van der Waals surface area contributed by atoms with Crippen molar-refractivity contribution in [3.8, 4) is 0 Å². The summed E-state index contributed by atoms with van der Waals surface area (Å²) < 4.78 is 33.4. The first-order valence-electron chi connectivity index (χ1n) is 13.6. The number of carbonyl (C=O) groups is 4. The molecular weight excluding hydrogens is 536 g/mol. The van der Waals surface area contributed by atoms with E-state index in [1.54, 1.807) is 30.3 Å². The number of nitrogens with one attached hydrogen (secondary N) is 1. The zero-order valence-corrected chi connectivity index (χ0v) is 23.4. The summed E-state index contributed by atoms with van der Waals surface area (Å²) in [5.41, 5.74) is 6.93. The first-order chi connectivity index (χ1) is 19.1. The second-order valence-electron chi connectivity index (χ2n) is 10.4. The fourth-order valence-electron chi connectivity index (χ4n) is 5.20. The molecule has 4 rings (SSSR count). The van der Waals surface area contributed by atoms with Gasteiger partial charge in [0.2, 0.25) is 15.9 Å². The number of hydrogen-bond donors (Lipinski definition) is 2. The number of unbranched alkanes of at least 4 members (excludes halogenated alkanes) is 1. The molecule has 1 aromatic heterocycles. The topological polar surface area (TPSA) is 158 Å². The largest absolute Gasteiger partial charge is 0.460 e. The minimum Gasteiger partial charge on any atom is -0.460 e. The Morgan fingerprint density at radius 2 is 1.75 bits per heavy atom. The van der Waals surface area contributed by atoms with E-state index in [9.17, 15) is 27.6 Å². The number of carbonyl (C=O) groups excluding carboxylic acids is 4. The Labute approximate surface area is 234 Å². The number of nitrogens with two attached hydrogens (primary N) is 1. The van der Waals surface area contributed by atoms with Crippen LogP contribution in [-0.4, -0.2) is 66.1 Å². The van der Waals surface area contributed by atoms with Crippen LogP contribution >= 0.6 is 0 Å². The molecule has 11 nitrogen and oxygen atoms in total. The zero-order valence-electron chi connectivity index (χ0n) is 22.6. The molecule has 0 saturated heterocycles. The van der Waals surface area contributed by atoms with Crippen LogP contribution < -0.4 is 11.1 Å². The van der Waals surface area contributed by atoms with Crippen LogP contribution in [0.5, 0.6) is 0 Å². The van der Waals surface area contributed by atoms with Gasteiger partial charge in [-0.3, -0.25) is 19.0 Å². The lowest BCUT2D eigenvalue weighted by atomic mass is 9.80. The number of aromatic nitrogens is 1. The molecule has 0 radical (unpaired) electrons. The molecule has 3 N–H and O–H groups in total. The number of amides is 1. The van der Waals surface area contributed by atoms with Crippen LogP contribution in [0.3, 0.4) is 0 Å². The highest BCUT2D eigenvalue weighted by molar-refractivity contribution is 7.88. The van der Waals surface area contributed by atoms with Crippen LogP contribution in [0, 0.1) is 5.92 Å². The molecule has 216 valence electrons. The summed E-state index contributed by atoms with van der Waals surface area (Å²) in [5.74, 6) is -3.67. The Hall–Kier alpha value is -3.35. The van der Waals surface area contributed by atoms with Crippen LogP contribution in [0.2, 0.25) is 0 Å². The maximum Gasteiger partial charge on any atom is 0.376 e. The molecule has 1 amide bonds. The Morgan fingerprint density at radius 1 is 1.05 bits per heavy atom. The van der Waals surface area contributed by atoms with Gasteiger partial charge in [-0.05, 0) is 55.7 Å². The van der Waals surface area contributed by atoms with Crippen LogP contribution in [0.25, 0.3) is 0 Å². The van der Waals surface area contributed by atoms with Gasteiger partial charge in [0.25, 0.3) is 11.7 Å². The van der Waals surface area contributed by atoms with Gasteiger partial charge < -0.3 is 15.8 Å². The third-order valence-electron chi connectivity index (χ3n) is 7.47. The van der Waals surface area contributed by atoms with Crippen LogP contribution in [0.4, 0.5) is 0 Å². The third kappa shape index (κ3) is 6.86. The quantitative estimate of drug-likeness (QED) is 0.235. The highest BCUT2D eigenvalue weighted by atomic mass is 32.2. The molecule has 0 bridgehead atoms. The molecule has 2 heterocycles. The van der Waals surface area contributed by atoms with E-state index in [2.05, 4.69) is 5.32 Å². The predicted octanol–water partition coefficient (Wildman–Crippen LogP) is 2.00. The molecule has 40 heavy (non-hydrogen) atoms. The lowest BCUT2D eigenvalue weighted by molar-refractivity contribution is -0.155. The van der Waals surface area contributed by atoms with E-state index in [0.29, 0.717) is 43.4 Å². The molecule has 1 aliphatic heterocycles. The van der Waals surface area contributed by atoms with Gasteiger partial charge in [0.1, 0.15) is 11.7 Å². The first kappa shape index (κ1) is 29.6. The van der Waals surface area contributed by atoms with Crippen molar-refractivity contribution in [1.29, 1.82) is 0 Å². The number of fused-ring (bicyclic) bond motifs is 1. The van der Waals surface area contributed by atoms with Crippen LogP contribution in [0.15, 0.2) is 42.5 Å². The lowest BCUT2D eigenvalue weighted by Crippen LogP contribution is -2.51. The second-order valence-corrected chi connectivity index (χ2v) is 12.4. The highest BCUT2D eigenvalue weighted by Gasteiger charge is 2.39. The molecule has 0 spiro atoms. The Morgan fingerprint density at radius 3 is 2.42 bits per heavy atom. The van der Waals surface area contributed by atoms with Crippen molar-refractivity contribution in [3.05, 3.63) is 59.4 Å². The first-order valence-corrected chi connectivity index (χ1v) is 15.2. The summed E-state index contributed by atoms with van der Waals surface area (Å²) in [5, 5.41) is 2.68. The van der Waals surface area contributed by atoms with Gasteiger partial charge in [-0.1, -0.05) is 43.7 Å². The van der Waals surface area contributed by atoms with Crippen molar-refractivity contribution < 1.29 is 32.3 Å². The van der Waals surface area contributed by atoms with Crippen molar-refractivity contribution >= 4 is 33.6 Å². The second kappa shape index (κ2) is 12.9. The average molecular weight is 573 g/mol. The van der Waals surface area contributed by atoms with Crippen molar-refractivity contribution in [2.24, 2.45) is 11.7 Å². The van der Waals surface area contributed by atoms with Crippen molar-refractivity contribution in [2.45, 2.75) is 69.8 Å². The maximum absolute atomic E-state index is 13.4. The number of Topliss-reactive ketones (excluding diaryl/α,β-unsaturated/α-hetero) is 1. The summed E-state index contributed by atoms with van der Waals surface area (Å²) >= 11 is 0. The molecule has 1 atom stereocenters. The summed E-state index contributed by atoms with van der Waals surface area (Å²) in [7, 11) is -3.80. The highest BCUT2D eigenvalue weighted by Crippen LogP contribution is 2.28. The van der Waals surface area contributed by atoms with E-state index in [1.165, 1.54) is 16.7 Å². The Balaban J connectivity index is 1.51. The number of ether oxygens (including phenoxy) is 1. The number of benzene rings is 1. The number of esters is 1. The number of sulfonamides is 1. The maximum atomic E-state index is 13.4. The fourth-order valence-corrected chi connectivity index (χ4v) is 6.64. The SMILES string of the molecule is CCCCOC(=O)C(=O)C(NC(=O)c1ccc2n1C(=O)CN(S(=O)(=O)Cc1ccccc1)C2)C1CCC(N)CC1. The standard InChI is InChI=1S/C28H36N4O7S/c1-2-3-15-39-28(36)26(34)25(20-9-11-21(29)12-10-20)30-27(35)23-14-13-22-16-31(17-24(33)32(22)23)40(37,38)18-19-7-5-4-6-8-19/h4-8,13-14,20-21,25H,2-3,9-12,15-18,29H2,1H3,(H,30,35). The Kier molecular flexibility index (Phi) is 9.54. The molecule has 12 heteroatoms. The number of ketones is 1. The smallest absolute Gasteiger partial charge is 0.376 e. The molecule has 1 aliphatic carbocycles. The van der Waals surface area contributed by atoms with E-state index in [0.717, 1.165) is 10.7 Å². The molecular formula is C28H36N4O7S. The van der Waals surface area contributed by atoms with E-state index in [-0.39, 0.29) is 36.6 Å². The lowest BCUT2D eigenvalue weighted by Gasteiger charge is -2.32. The van der Waals surface area contributed by atoms with Gasteiger partial charge in [0.05, 0.1) is 25.4 Å². The van der Waals surface area contributed by atoms with Gasteiger partial charge in [0, 0.05) is 11.7 Å². The van der Waals surface area contributed by atoms with Gasteiger partial charge in [-0.25, -0.2) is 13.2 Å². The van der Waals surface area contributed by atoms with E-state index >= 15 is 0 Å². The third-order valence-corrected chi connectivity index (χ3v) is 9.21. The fraction of sp³-hybridized carbons (Fsp3) is 0.500. The van der Waals surface area contributed by atoms with Crippen molar-refractivity contribution in [1.82, 2.24) is 14.2 Å². The van der Waals surface area contributed by atoms with Gasteiger partial charge >= 0.3 is 5.97 Å². The van der Waals surface area contributed by atoms with Crippen molar-refractivity contribution in [3.63, 3.8) is 0 Å². The van der Waals surface area contributed by atoms with Gasteiger partial charge in [-0.2, -0.15) is 4.31 Å². The summed E-state index contributed by atoms with van der Waals surface area (Å²) in [6.07, 6.45) is 3.83. The van der Waals surface area contributed by atoms with Gasteiger partial charge in [-0.15, -0.1) is 0 Å². The summed E-state index contributed by atoms with van der Waals surface area (Å²) in [4.78, 5) is 52.1. The normalized spacial score (nSPS) is 20.4. The monoisotopic (exact) mass is 572 g/mol. The number of nitrogens with zero attached hydrogens (tertiary/aromatic N) is 2. The van der Waals surface area contributed by atoms with Crippen molar-refractivity contribution in [2.75, 3.05) is 13.2 Å². The number of hydrogen-bond acceptors (Lipinski definition) is 8. The van der Waals surface area contributed by atoms with E-state index in [4.69, 9.17) is 10.5 Å². The van der Waals surface area contributed by atoms with E-state index in [1.807, 2.05) is 6.92 Å². The molecule has 1 unspecified atom stereocenters. The predicted molar refractivity (Wildman–Crippen MR) is 147 cm³/mol. The Bertz CT molecular complexity index is 1350. The molecule has 2 aliphatic rings. The minimum atomic E-state index is -3.80. The number of rotatable bonds is 11. The molecule has 1 fully saturated rings. The van der Waals surface area contributed by atoms with Crippen LogP contribution in [0.1, 0.15) is 72.0 Å². The molecule has 1 aromatic carbocycles.